The molecular weight excluding hydrogens is 663 g/mol. The minimum Gasteiger partial charge on any atom is -0.461 e. The molecule has 3 aromatic heterocycles. The van der Waals surface area contributed by atoms with E-state index in [-0.39, 0.29) is 49.0 Å². The van der Waals surface area contributed by atoms with Crippen LogP contribution in [0.3, 0.4) is 0 Å². The highest BCUT2D eigenvalue weighted by atomic mass is 32.1. The quantitative estimate of drug-likeness (QED) is 0.264. The van der Waals surface area contributed by atoms with E-state index < -0.39 is 17.5 Å². The zero-order valence-electron chi connectivity index (χ0n) is 28.3. The molecule has 262 valence electrons. The molecule has 4 atom stereocenters. The number of pyridine rings is 1. The van der Waals surface area contributed by atoms with Crippen LogP contribution < -0.4 is 15.4 Å². The van der Waals surface area contributed by atoms with Crippen LogP contribution in [0.2, 0.25) is 0 Å². The molecule has 0 saturated carbocycles. The molecule has 14 heteroatoms. The lowest BCUT2D eigenvalue weighted by atomic mass is 9.92. The van der Waals surface area contributed by atoms with Crippen LogP contribution >= 0.6 is 11.3 Å². The van der Waals surface area contributed by atoms with E-state index >= 15 is 4.39 Å². The Morgan fingerprint density at radius 2 is 1.96 bits per heavy atom. The Hall–Kier alpha value is -3.74. The number of likely N-dealkylation sites (tertiary alicyclic amines) is 1. The van der Waals surface area contributed by atoms with Gasteiger partial charge in [0.25, 0.3) is 0 Å². The van der Waals surface area contributed by atoms with E-state index in [0.29, 0.717) is 58.0 Å². The van der Waals surface area contributed by atoms with E-state index in [1.165, 1.54) is 11.3 Å². The Morgan fingerprint density at radius 3 is 2.74 bits per heavy atom. The Bertz CT molecular complexity index is 2060. The lowest BCUT2D eigenvalue weighted by Crippen LogP contribution is -2.54. The van der Waals surface area contributed by atoms with Crippen molar-refractivity contribution in [1.29, 1.82) is 5.26 Å². The zero-order chi connectivity index (χ0) is 34.3. The maximum Gasteiger partial charge on any atom is 0.319 e. The van der Waals surface area contributed by atoms with Crippen LogP contribution in [0.1, 0.15) is 54.4 Å². The van der Waals surface area contributed by atoms with E-state index in [1.54, 1.807) is 13.3 Å². The number of aromatic nitrogens is 3. The summed E-state index contributed by atoms with van der Waals surface area (Å²) in [6.07, 6.45) is 5.02. The van der Waals surface area contributed by atoms with Gasteiger partial charge in [-0.15, -0.1) is 11.3 Å². The highest BCUT2D eigenvalue weighted by molar-refractivity contribution is 7.23. The predicted octanol–water partition coefficient (Wildman–Crippen LogP) is 5.09. The van der Waals surface area contributed by atoms with Crippen molar-refractivity contribution >= 4 is 43.1 Å². The lowest BCUT2D eigenvalue weighted by Gasteiger charge is -2.42. The van der Waals surface area contributed by atoms with E-state index in [0.717, 1.165) is 67.7 Å². The summed E-state index contributed by atoms with van der Waals surface area (Å²) in [4.78, 5) is 21.6. The van der Waals surface area contributed by atoms with Crippen molar-refractivity contribution in [2.45, 2.75) is 76.0 Å². The summed E-state index contributed by atoms with van der Waals surface area (Å²) in [6.45, 7) is 7.04. The second-order valence-electron chi connectivity index (χ2n) is 14.5. The fourth-order valence-corrected chi connectivity index (χ4v) is 10.4. The number of piperazine rings is 1. The summed E-state index contributed by atoms with van der Waals surface area (Å²) >= 11 is 1.31. The average molecular weight is 703 g/mol. The molecule has 8 heterocycles. The SMILES string of the molecule is COCCN1CC2CCC(C1)N2c1nc(OC[C@@]23CCCN2C[C@H](F)C3)nc2c(F)c(-c3ncc(C)c4sc(N)c(C#N)c34)c3c(c12)COC3. The number of methoxy groups -OCH3 is 1. The number of alkyl halides is 1. The van der Waals surface area contributed by atoms with E-state index in [4.69, 9.17) is 34.9 Å². The van der Waals surface area contributed by atoms with Gasteiger partial charge in [0.05, 0.1) is 42.0 Å². The van der Waals surface area contributed by atoms with Crippen LogP contribution in [0.25, 0.3) is 32.2 Å². The molecule has 2 unspecified atom stereocenters. The molecule has 4 saturated heterocycles. The van der Waals surface area contributed by atoms with E-state index in [9.17, 15) is 9.65 Å². The smallest absolute Gasteiger partial charge is 0.319 e. The summed E-state index contributed by atoms with van der Waals surface area (Å²) in [7, 11) is 1.72. The first-order valence-corrected chi connectivity index (χ1v) is 18.3. The van der Waals surface area contributed by atoms with Crippen molar-refractivity contribution < 1.29 is 23.0 Å². The molecule has 5 aliphatic heterocycles. The van der Waals surface area contributed by atoms with Gasteiger partial charge >= 0.3 is 6.01 Å². The van der Waals surface area contributed by atoms with Gasteiger partial charge in [-0.25, -0.2) is 8.78 Å². The molecule has 0 spiro atoms. The maximum absolute atomic E-state index is 17.6. The number of anilines is 2. The Balaban J connectivity index is 1.23. The molecular formula is C36H40F2N8O3S. The van der Waals surface area contributed by atoms with Crippen LogP contribution in [0, 0.1) is 24.1 Å². The van der Waals surface area contributed by atoms with Crippen molar-refractivity contribution in [3.8, 4) is 23.3 Å². The van der Waals surface area contributed by atoms with Crippen molar-refractivity contribution in [2.24, 2.45) is 0 Å². The molecule has 2 N–H and O–H groups in total. The van der Waals surface area contributed by atoms with Crippen molar-refractivity contribution in [3.63, 3.8) is 0 Å². The third kappa shape index (κ3) is 4.88. The van der Waals surface area contributed by atoms with Gasteiger partial charge < -0.3 is 24.8 Å². The summed E-state index contributed by atoms with van der Waals surface area (Å²) in [6, 6.07) is 2.67. The number of aryl methyl sites for hydroxylation is 1. The second kappa shape index (κ2) is 12.2. The molecule has 50 heavy (non-hydrogen) atoms. The van der Waals surface area contributed by atoms with Crippen molar-refractivity contribution in [2.75, 3.05) is 63.7 Å². The number of hydrogen-bond donors (Lipinski definition) is 1. The average Bonchev–Trinajstić information content (AvgIpc) is 3.91. The van der Waals surface area contributed by atoms with Gasteiger partial charge in [-0.1, -0.05) is 0 Å². The van der Waals surface area contributed by atoms with E-state index in [2.05, 4.69) is 20.8 Å². The number of nitrogen functional groups attached to an aromatic ring is 1. The Morgan fingerprint density at radius 1 is 1.16 bits per heavy atom. The number of hydrogen-bond acceptors (Lipinski definition) is 12. The molecule has 1 aromatic carbocycles. The van der Waals surface area contributed by atoms with Crippen molar-refractivity contribution in [1.82, 2.24) is 24.8 Å². The Labute approximate surface area is 292 Å². The van der Waals surface area contributed by atoms with Gasteiger partial charge in [-0.2, -0.15) is 15.2 Å². The van der Waals surface area contributed by atoms with Gasteiger partial charge in [0.1, 0.15) is 35.2 Å². The third-order valence-electron chi connectivity index (χ3n) is 11.7. The van der Waals surface area contributed by atoms with Gasteiger partial charge in [-0.3, -0.25) is 14.8 Å². The molecule has 4 aromatic rings. The number of benzene rings is 1. The number of rotatable bonds is 8. The molecule has 2 bridgehead atoms. The molecule has 0 amide bonds. The summed E-state index contributed by atoms with van der Waals surface area (Å²) in [5, 5.41) is 11.7. The van der Waals surface area contributed by atoms with Gasteiger partial charge in [0.2, 0.25) is 0 Å². The number of thiophene rings is 1. The fraction of sp³-hybridized carbons (Fsp3) is 0.556. The molecule has 9 rings (SSSR count). The van der Waals surface area contributed by atoms with Crippen LogP contribution in [-0.2, 0) is 22.7 Å². The number of halogens is 2. The van der Waals surface area contributed by atoms with E-state index in [1.807, 2.05) is 6.92 Å². The first-order chi connectivity index (χ1) is 24.3. The fourth-order valence-electron chi connectivity index (χ4n) is 9.41. The van der Waals surface area contributed by atoms with Gasteiger partial charge in [-0.05, 0) is 55.8 Å². The van der Waals surface area contributed by atoms with Gasteiger partial charge in [0.15, 0.2) is 5.82 Å². The van der Waals surface area contributed by atoms with Crippen LogP contribution in [0.5, 0.6) is 6.01 Å². The summed E-state index contributed by atoms with van der Waals surface area (Å²) in [5.74, 6) is 0.103. The number of fused-ring (bicyclic) bond motifs is 7. The second-order valence-corrected chi connectivity index (χ2v) is 15.6. The van der Waals surface area contributed by atoms with Crippen LogP contribution in [0.15, 0.2) is 6.20 Å². The lowest BCUT2D eigenvalue weighted by molar-refractivity contribution is 0.107. The highest BCUT2D eigenvalue weighted by Gasteiger charge is 2.50. The first-order valence-electron chi connectivity index (χ1n) is 17.5. The number of nitrogens with zero attached hydrogens (tertiary/aromatic N) is 7. The largest absolute Gasteiger partial charge is 0.461 e. The minimum atomic E-state index is -0.900. The predicted molar refractivity (Wildman–Crippen MR) is 187 cm³/mol. The monoisotopic (exact) mass is 702 g/mol. The molecule has 11 nitrogen and oxygen atoms in total. The number of nitrogens with two attached hydrogens (primary N) is 1. The number of nitriles is 1. The standard InChI is InChI=1S/C36H40F2N8O3S/c1-19-12-41-30(27-23(11-39)33(40)50-32(19)27)26-24-16-48-17-25(24)28-31(29(26)38)42-35(49-18-36-6-3-7-45(36)13-20(37)10-36)43-34(28)46-21-4-5-22(46)15-44(14-21)8-9-47-2/h12,20-22H,3-10,13-18,40H2,1-2H3/t20-,21?,22?,36+/m1/s1. The normalized spacial score (nSPS) is 26.3. The number of ether oxygens (including phenoxy) is 3. The van der Waals surface area contributed by atoms with Gasteiger partial charge in [0, 0.05) is 73.6 Å². The minimum absolute atomic E-state index is 0.0838. The molecule has 5 aliphatic rings. The van der Waals surface area contributed by atoms with Crippen LogP contribution in [-0.4, -0.2) is 102 Å². The first kappa shape index (κ1) is 32.2. The van der Waals surface area contributed by atoms with Crippen molar-refractivity contribution in [3.05, 3.63) is 34.3 Å². The summed E-state index contributed by atoms with van der Waals surface area (Å²) in [5.41, 5.74) is 9.32. The topological polar surface area (TPSA) is 126 Å². The molecule has 0 aliphatic carbocycles. The molecule has 4 fully saturated rings. The maximum atomic E-state index is 17.6. The third-order valence-corrected chi connectivity index (χ3v) is 12.8. The highest BCUT2D eigenvalue weighted by Crippen LogP contribution is 2.48. The summed E-state index contributed by atoms with van der Waals surface area (Å²) < 4.78 is 50.9. The zero-order valence-corrected chi connectivity index (χ0v) is 29.1. The van der Waals surface area contributed by atoms with Crippen LogP contribution in [0.4, 0.5) is 19.6 Å². The molecule has 0 radical (unpaired) electrons. The Kier molecular flexibility index (Phi) is 7.85.